The number of carbonyl (C=O) groups is 2. The molecule has 1 saturated carbocycles. The summed E-state index contributed by atoms with van der Waals surface area (Å²) >= 11 is 1.67. The number of fused-ring (bicyclic) bond motifs is 8. The van der Waals surface area contributed by atoms with Crippen molar-refractivity contribution in [3.05, 3.63) is 153 Å². The van der Waals surface area contributed by atoms with E-state index in [0.29, 0.717) is 67.7 Å². The van der Waals surface area contributed by atoms with Gasteiger partial charge < -0.3 is 24.6 Å². The van der Waals surface area contributed by atoms with Crippen LogP contribution in [-0.4, -0.2) is 65.8 Å². The first-order chi connectivity index (χ1) is 28.5. The van der Waals surface area contributed by atoms with E-state index in [9.17, 15) is 15.0 Å². The lowest BCUT2D eigenvalue weighted by atomic mass is 9.64. The van der Waals surface area contributed by atoms with Crippen LogP contribution in [0, 0.1) is 5.41 Å². The molecule has 1 fully saturated rings. The van der Waals surface area contributed by atoms with Crippen molar-refractivity contribution in [1.29, 1.82) is 0 Å². The second kappa shape index (κ2) is 18.5. The average molecular weight is 812 g/mol. The standard InChI is InChI=1S/C51H57NO6S/c1-35-12-10-26-50(2)45(24-27-51(50,56)34-52(28-25-40-15-11-29-59-40)48(54)33-37-20-23-46(57-3)47(32-37)58-4)42-22-19-36(30-39(53)21-18-35)31-44(42)49(55)43-17-9-8-16-41(43)38-13-6-5-7-14-38/h5-9,11-17,19-20,22-23,29,31-32,39,45,53,56H,10,18,21,24-28,30,33-34H2,1-4H3/t39-,45-,50-,51+/m0/s1. The maximum atomic E-state index is 15.1. The Morgan fingerprint density at radius 3 is 2.41 bits per heavy atom. The average Bonchev–Trinajstić information content (AvgIpc) is 3.86. The van der Waals surface area contributed by atoms with Gasteiger partial charge in [-0.1, -0.05) is 97.4 Å². The predicted molar refractivity (Wildman–Crippen MR) is 237 cm³/mol. The first kappa shape index (κ1) is 42.1. The zero-order chi connectivity index (χ0) is 41.6. The number of aliphatic hydroxyl groups excluding tert-OH is 1. The van der Waals surface area contributed by atoms with Crippen molar-refractivity contribution >= 4 is 23.0 Å². The predicted octanol–water partition coefficient (Wildman–Crippen LogP) is 10.0. The molecule has 4 atom stereocenters. The van der Waals surface area contributed by atoms with Gasteiger partial charge in [0.2, 0.25) is 5.91 Å². The summed E-state index contributed by atoms with van der Waals surface area (Å²) in [4.78, 5) is 32.6. The Morgan fingerprint density at radius 1 is 0.864 bits per heavy atom. The van der Waals surface area contributed by atoms with E-state index in [-0.39, 0.29) is 30.6 Å². The number of thiophene rings is 1. The van der Waals surface area contributed by atoms with Crippen LogP contribution in [0.1, 0.15) is 95.8 Å². The van der Waals surface area contributed by atoms with Crippen LogP contribution in [0.25, 0.3) is 11.1 Å². The number of hydrogen-bond donors (Lipinski definition) is 2. The highest BCUT2D eigenvalue weighted by molar-refractivity contribution is 7.09. The van der Waals surface area contributed by atoms with Gasteiger partial charge in [0.1, 0.15) is 0 Å². The number of ketones is 1. The number of amides is 1. The van der Waals surface area contributed by atoms with Crippen LogP contribution in [0.2, 0.25) is 0 Å². The molecule has 3 aliphatic carbocycles. The van der Waals surface area contributed by atoms with Crippen molar-refractivity contribution in [2.75, 3.05) is 27.3 Å². The number of ether oxygens (including phenoxy) is 2. The smallest absolute Gasteiger partial charge is 0.227 e. The van der Waals surface area contributed by atoms with Crippen molar-refractivity contribution < 1.29 is 29.3 Å². The Labute approximate surface area is 353 Å². The Bertz CT molecular complexity index is 2270. The summed E-state index contributed by atoms with van der Waals surface area (Å²) in [6.07, 6.45) is 6.89. The van der Waals surface area contributed by atoms with Gasteiger partial charge in [0, 0.05) is 34.5 Å². The maximum Gasteiger partial charge on any atom is 0.227 e. The van der Waals surface area contributed by atoms with E-state index < -0.39 is 17.1 Å². The fourth-order valence-electron chi connectivity index (χ4n) is 9.48. The number of nitrogens with zero attached hydrogens (tertiary/aromatic N) is 1. The second-order valence-corrected chi connectivity index (χ2v) is 17.7. The summed E-state index contributed by atoms with van der Waals surface area (Å²) in [5.74, 6) is 0.849. The lowest BCUT2D eigenvalue weighted by Crippen LogP contribution is -2.54. The summed E-state index contributed by atoms with van der Waals surface area (Å²) in [5, 5.41) is 26.5. The molecule has 2 N–H and O–H groups in total. The molecule has 4 aromatic carbocycles. The van der Waals surface area contributed by atoms with E-state index in [0.717, 1.165) is 40.7 Å². The van der Waals surface area contributed by atoms with Crippen molar-refractivity contribution in [2.45, 2.75) is 89.3 Å². The molecule has 7 nitrogen and oxygen atoms in total. The number of benzene rings is 4. The van der Waals surface area contributed by atoms with E-state index in [2.05, 4.69) is 43.5 Å². The summed E-state index contributed by atoms with van der Waals surface area (Å²) < 4.78 is 11.0. The van der Waals surface area contributed by atoms with E-state index >= 15 is 4.79 Å². The third kappa shape index (κ3) is 9.25. The quantitative estimate of drug-likeness (QED) is 0.0963. The van der Waals surface area contributed by atoms with Crippen LogP contribution in [0.5, 0.6) is 11.5 Å². The van der Waals surface area contributed by atoms with Gasteiger partial charge in [0.05, 0.1) is 32.3 Å². The molecule has 0 spiro atoms. The summed E-state index contributed by atoms with van der Waals surface area (Å²) in [6, 6.07) is 33.6. The molecule has 308 valence electrons. The lowest BCUT2D eigenvalue weighted by Gasteiger charge is -2.46. The fraction of sp³-hybridized carbons (Fsp3) is 0.373. The molecule has 3 aliphatic rings. The molecule has 59 heavy (non-hydrogen) atoms. The van der Waals surface area contributed by atoms with Gasteiger partial charge in [-0.05, 0) is 122 Å². The SMILES string of the molecule is COc1ccc(CC(=O)N(CCc2cccs2)C[C@]2(O)CC[C@H]3c4ccc(cc4C(=O)c4ccccc4-c4ccccc4)C[C@@H](O)CCC(C)=CCC[C@@]32C)cc1OC. The van der Waals surface area contributed by atoms with Gasteiger partial charge in [-0.25, -0.2) is 0 Å². The topological polar surface area (TPSA) is 96.3 Å². The molecule has 0 radical (unpaired) electrons. The molecule has 0 saturated heterocycles. The lowest BCUT2D eigenvalue weighted by molar-refractivity contribution is -0.139. The minimum absolute atomic E-state index is 0.0674. The molecule has 8 heteroatoms. The van der Waals surface area contributed by atoms with Crippen LogP contribution >= 0.6 is 11.3 Å². The number of allylic oxidation sites excluding steroid dienone is 2. The molecule has 2 bridgehead atoms. The molecule has 1 aromatic heterocycles. The molecule has 0 aliphatic heterocycles. The molecule has 1 amide bonds. The minimum atomic E-state index is -1.25. The molecule has 0 unspecified atom stereocenters. The summed E-state index contributed by atoms with van der Waals surface area (Å²) in [5.41, 5.74) is 4.95. The van der Waals surface area contributed by atoms with Crippen molar-refractivity contribution in [3.63, 3.8) is 0 Å². The molecule has 8 rings (SSSR count). The van der Waals surface area contributed by atoms with Crippen LogP contribution in [0.15, 0.2) is 120 Å². The Morgan fingerprint density at radius 2 is 1.64 bits per heavy atom. The number of carbonyl (C=O) groups excluding carboxylic acids is 2. The largest absolute Gasteiger partial charge is 0.493 e. The normalized spacial score (nSPS) is 21.9. The number of methoxy groups -OCH3 is 2. The van der Waals surface area contributed by atoms with Crippen LogP contribution < -0.4 is 9.47 Å². The van der Waals surface area contributed by atoms with Gasteiger partial charge in [-0.2, -0.15) is 0 Å². The van der Waals surface area contributed by atoms with Crippen LogP contribution in [-0.2, 0) is 24.1 Å². The fourth-order valence-corrected chi connectivity index (χ4v) is 10.2. The zero-order valence-corrected chi connectivity index (χ0v) is 35.6. The van der Waals surface area contributed by atoms with E-state index in [1.165, 1.54) is 10.5 Å². The monoisotopic (exact) mass is 811 g/mol. The third-order valence-corrected chi connectivity index (χ3v) is 13.9. The maximum absolute atomic E-state index is 15.1. The Hall–Kier alpha value is -5.02. The van der Waals surface area contributed by atoms with Crippen LogP contribution in [0.3, 0.4) is 0 Å². The highest BCUT2D eigenvalue weighted by atomic mass is 32.1. The Kier molecular flexibility index (Phi) is 13.2. The summed E-state index contributed by atoms with van der Waals surface area (Å²) in [7, 11) is 3.18. The van der Waals surface area contributed by atoms with E-state index in [4.69, 9.17) is 9.47 Å². The van der Waals surface area contributed by atoms with E-state index in [1.54, 1.807) is 25.6 Å². The first-order valence-electron chi connectivity index (χ1n) is 20.9. The highest BCUT2D eigenvalue weighted by Gasteiger charge is 2.57. The number of rotatable bonds is 12. The van der Waals surface area contributed by atoms with Crippen molar-refractivity contribution in [2.24, 2.45) is 5.41 Å². The van der Waals surface area contributed by atoms with Crippen molar-refractivity contribution in [1.82, 2.24) is 4.90 Å². The van der Waals surface area contributed by atoms with Gasteiger partial charge in [-0.15, -0.1) is 11.3 Å². The van der Waals surface area contributed by atoms with Crippen molar-refractivity contribution in [3.8, 4) is 22.6 Å². The number of aliphatic hydroxyl groups is 2. The first-order valence-corrected chi connectivity index (χ1v) is 21.8. The Balaban J connectivity index is 1.29. The molecular weight excluding hydrogens is 755 g/mol. The molecular formula is C51H57NO6S. The molecule has 1 heterocycles. The van der Waals surface area contributed by atoms with Gasteiger partial charge >= 0.3 is 0 Å². The van der Waals surface area contributed by atoms with Crippen LogP contribution in [0.4, 0.5) is 0 Å². The zero-order valence-electron chi connectivity index (χ0n) is 34.8. The molecule has 5 aromatic rings. The summed E-state index contributed by atoms with van der Waals surface area (Å²) in [6.45, 7) is 4.93. The third-order valence-electron chi connectivity index (χ3n) is 13.0. The minimum Gasteiger partial charge on any atom is -0.493 e. The van der Waals surface area contributed by atoms with E-state index in [1.807, 2.05) is 89.8 Å². The van der Waals surface area contributed by atoms with Gasteiger partial charge in [-0.3, -0.25) is 9.59 Å². The number of hydrogen-bond acceptors (Lipinski definition) is 7. The van der Waals surface area contributed by atoms with Gasteiger partial charge in [0.25, 0.3) is 0 Å². The second-order valence-electron chi connectivity index (χ2n) is 16.7. The van der Waals surface area contributed by atoms with Gasteiger partial charge in [0.15, 0.2) is 17.3 Å². The highest BCUT2D eigenvalue weighted by Crippen LogP contribution is 2.59.